The van der Waals surface area contributed by atoms with Crippen molar-refractivity contribution in [3.63, 3.8) is 0 Å². The number of carbonyl (C=O) groups excluding carboxylic acids is 1. The van der Waals surface area contributed by atoms with Gasteiger partial charge in [0.2, 0.25) is 0 Å². The van der Waals surface area contributed by atoms with E-state index in [4.69, 9.17) is 4.74 Å². The number of hydrogen-bond acceptors (Lipinski definition) is 3. The SMILES string of the molecule is CC(C)(C)OC(=O)N1Cc2c([nH][nH]c2=O)CC1C(F)F. The summed E-state index contributed by atoms with van der Waals surface area (Å²) >= 11 is 0. The van der Waals surface area contributed by atoms with E-state index in [1.807, 2.05) is 0 Å². The minimum absolute atomic E-state index is 0.106. The topological polar surface area (TPSA) is 78.2 Å². The first-order valence-electron chi connectivity index (χ1n) is 6.25. The van der Waals surface area contributed by atoms with Crippen molar-refractivity contribution in [1.82, 2.24) is 15.1 Å². The Morgan fingerprint density at radius 3 is 2.60 bits per heavy atom. The summed E-state index contributed by atoms with van der Waals surface area (Å²) in [4.78, 5) is 24.5. The molecule has 0 saturated heterocycles. The second-order valence-electron chi connectivity index (χ2n) is 5.75. The molecular formula is C12H17F2N3O3. The molecule has 0 saturated carbocycles. The number of rotatable bonds is 1. The average Bonchev–Trinajstić information content (AvgIpc) is 2.67. The summed E-state index contributed by atoms with van der Waals surface area (Å²) in [6.07, 6.45) is -3.66. The maximum absolute atomic E-state index is 13.1. The van der Waals surface area contributed by atoms with Crippen molar-refractivity contribution in [3.05, 3.63) is 21.6 Å². The summed E-state index contributed by atoms with van der Waals surface area (Å²) in [7, 11) is 0. The van der Waals surface area contributed by atoms with Crippen molar-refractivity contribution in [2.24, 2.45) is 0 Å². The number of aromatic nitrogens is 2. The summed E-state index contributed by atoms with van der Waals surface area (Å²) in [5, 5.41) is 4.91. The van der Waals surface area contributed by atoms with Crippen LogP contribution in [0, 0.1) is 0 Å². The van der Waals surface area contributed by atoms with Crippen molar-refractivity contribution >= 4 is 6.09 Å². The van der Waals surface area contributed by atoms with Gasteiger partial charge < -0.3 is 9.84 Å². The van der Waals surface area contributed by atoms with Crippen LogP contribution in [0.2, 0.25) is 0 Å². The lowest BCUT2D eigenvalue weighted by molar-refractivity contribution is -0.0214. The molecule has 0 spiro atoms. The number of nitrogens with one attached hydrogen (secondary N) is 2. The predicted molar refractivity (Wildman–Crippen MR) is 66.7 cm³/mol. The number of nitrogens with zero attached hydrogens (tertiary/aromatic N) is 1. The minimum atomic E-state index is -2.71. The molecule has 1 unspecified atom stereocenters. The number of amides is 1. The molecule has 20 heavy (non-hydrogen) atoms. The van der Waals surface area contributed by atoms with Gasteiger partial charge in [-0.3, -0.25) is 14.8 Å². The molecule has 0 radical (unpaired) electrons. The lowest BCUT2D eigenvalue weighted by atomic mass is 10.0. The molecule has 1 aromatic rings. The van der Waals surface area contributed by atoms with E-state index in [0.29, 0.717) is 11.3 Å². The van der Waals surface area contributed by atoms with E-state index < -0.39 is 29.7 Å². The van der Waals surface area contributed by atoms with Crippen LogP contribution in [0.1, 0.15) is 32.0 Å². The number of carbonyl (C=O) groups is 1. The average molecular weight is 289 g/mol. The molecular weight excluding hydrogens is 272 g/mol. The predicted octanol–water partition coefficient (Wildman–Crippen LogP) is 1.63. The Bertz CT molecular complexity index is 559. The highest BCUT2D eigenvalue weighted by Gasteiger charge is 2.39. The third kappa shape index (κ3) is 2.83. The number of aromatic amines is 2. The molecule has 2 heterocycles. The maximum Gasteiger partial charge on any atom is 0.411 e. The lowest BCUT2D eigenvalue weighted by Crippen LogP contribution is -2.50. The van der Waals surface area contributed by atoms with Gasteiger partial charge in [0.25, 0.3) is 12.0 Å². The molecule has 1 aliphatic heterocycles. The Labute approximate surface area is 114 Å². The maximum atomic E-state index is 13.1. The highest BCUT2D eigenvalue weighted by molar-refractivity contribution is 5.69. The van der Waals surface area contributed by atoms with Crippen molar-refractivity contribution in [3.8, 4) is 0 Å². The number of ether oxygens (including phenoxy) is 1. The first kappa shape index (κ1) is 14.5. The van der Waals surface area contributed by atoms with Gasteiger partial charge in [-0.05, 0) is 20.8 Å². The first-order chi connectivity index (χ1) is 9.19. The van der Waals surface area contributed by atoms with Crippen LogP contribution in [-0.2, 0) is 17.7 Å². The molecule has 0 fully saturated rings. The molecule has 2 N–H and O–H groups in total. The summed E-state index contributed by atoms with van der Waals surface area (Å²) in [5.41, 5.74) is -0.469. The van der Waals surface area contributed by atoms with E-state index >= 15 is 0 Å². The molecule has 1 amide bonds. The molecule has 0 bridgehead atoms. The second kappa shape index (κ2) is 4.92. The Morgan fingerprint density at radius 1 is 1.40 bits per heavy atom. The summed E-state index contributed by atoms with van der Waals surface area (Å²) in [6, 6.07) is -1.30. The van der Waals surface area contributed by atoms with Crippen LogP contribution in [0.15, 0.2) is 4.79 Å². The number of halogens is 2. The zero-order valence-corrected chi connectivity index (χ0v) is 11.5. The molecule has 112 valence electrons. The standard InChI is InChI=1S/C12H17F2N3O3/c1-12(2,3)20-11(19)17-5-6-7(15-16-10(6)18)4-8(17)9(13)14/h8-9H,4-5H2,1-3H3,(H2,15,16,18). The van der Waals surface area contributed by atoms with Crippen LogP contribution in [0.5, 0.6) is 0 Å². The summed E-state index contributed by atoms with van der Waals surface area (Å²) in [5.74, 6) is 0. The van der Waals surface area contributed by atoms with Gasteiger partial charge in [-0.1, -0.05) is 0 Å². The van der Waals surface area contributed by atoms with Gasteiger partial charge in [0.1, 0.15) is 11.6 Å². The van der Waals surface area contributed by atoms with E-state index in [9.17, 15) is 18.4 Å². The molecule has 1 aliphatic rings. The fraction of sp³-hybridized carbons (Fsp3) is 0.667. The molecule has 6 nitrogen and oxygen atoms in total. The molecule has 1 aromatic heterocycles. The van der Waals surface area contributed by atoms with Gasteiger partial charge in [-0.2, -0.15) is 0 Å². The number of hydrogen-bond donors (Lipinski definition) is 2. The van der Waals surface area contributed by atoms with Gasteiger partial charge in [0.15, 0.2) is 0 Å². The van der Waals surface area contributed by atoms with E-state index in [2.05, 4.69) is 10.2 Å². The fourth-order valence-corrected chi connectivity index (χ4v) is 2.11. The summed E-state index contributed by atoms with van der Waals surface area (Å²) < 4.78 is 31.3. The smallest absolute Gasteiger partial charge is 0.411 e. The van der Waals surface area contributed by atoms with E-state index in [1.165, 1.54) is 0 Å². The first-order valence-corrected chi connectivity index (χ1v) is 6.25. The van der Waals surface area contributed by atoms with Gasteiger partial charge in [0, 0.05) is 12.1 Å². The van der Waals surface area contributed by atoms with Crippen LogP contribution in [-0.4, -0.2) is 39.3 Å². The van der Waals surface area contributed by atoms with Gasteiger partial charge >= 0.3 is 6.09 Å². The summed E-state index contributed by atoms with van der Waals surface area (Å²) in [6.45, 7) is 4.78. The normalized spacial score (nSPS) is 19.1. The highest BCUT2D eigenvalue weighted by Crippen LogP contribution is 2.25. The molecule has 1 atom stereocenters. The third-order valence-electron chi connectivity index (χ3n) is 3.03. The van der Waals surface area contributed by atoms with Crippen molar-refractivity contribution < 1.29 is 18.3 Å². The largest absolute Gasteiger partial charge is 0.444 e. The quantitative estimate of drug-likeness (QED) is 0.824. The van der Waals surface area contributed by atoms with E-state index in [0.717, 1.165) is 4.90 Å². The zero-order valence-electron chi connectivity index (χ0n) is 11.5. The van der Waals surface area contributed by atoms with Crippen molar-refractivity contribution in [2.75, 3.05) is 0 Å². The van der Waals surface area contributed by atoms with Crippen molar-refractivity contribution in [1.29, 1.82) is 0 Å². The number of alkyl halides is 2. The van der Waals surface area contributed by atoms with Gasteiger partial charge in [-0.15, -0.1) is 0 Å². The van der Waals surface area contributed by atoms with Gasteiger partial charge in [0.05, 0.1) is 12.1 Å². The van der Waals surface area contributed by atoms with Gasteiger partial charge in [-0.25, -0.2) is 13.6 Å². The van der Waals surface area contributed by atoms with E-state index in [1.54, 1.807) is 20.8 Å². The Balaban J connectivity index is 2.28. The van der Waals surface area contributed by atoms with Crippen LogP contribution in [0.4, 0.5) is 13.6 Å². The number of H-pyrrole nitrogens is 2. The lowest BCUT2D eigenvalue weighted by Gasteiger charge is -2.35. The monoisotopic (exact) mass is 289 g/mol. The Hall–Kier alpha value is -1.86. The fourth-order valence-electron chi connectivity index (χ4n) is 2.11. The molecule has 0 aromatic carbocycles. The van der Waals surface area contributed by atoms with Crippen LogP contribution < -0.4 is 5.56 Å². The third-order valence-corrected chi connectivity index (χ3v) is 3.03. The Morgan fingerprint density at radius 2 is 2.05 bits per heavy atom. The number of fused-ring (bicyclic) bond motifs is 1. The Kier molecular flexibility index (Phi) is 3.58. The molecule has 0 aliphatic carbocycles. The highest BCUT2D eigenvalue weighted by atomic mass is 19.3. The van der Waals surface area contributed by atoms with E-state index in [-0.39, 0.29) is 13.0 Å². The van der Waals surface area contributed by atoms with Crippen LogP contribution >= 0.6 is 0 Å². The van der Waals surface area contributed by atoms with Crippen molar-refractivity contribution in [2.45, 2.75) is 51.8 Å². The molecule has 8 heteroatoms. The minimum Gasteiger partial charge on any atom is -0.444 e. The van der Waals surface area contributed by atoms with Crippen LogP contribution in [0.3, 0.4) is 0 Å². The molecule has 2 rings (SSSR count). The van der Waals surface area contributed by atoms with Crippen LogP contribution in [0.25, 0.3) is 0 Å². The second-order valence-corrected chi connectivity index (χ2v) is 5.75. The zero-order chi connectivity index (χ0) is 15.1.